The third-order valence-corrected chi connectivity index (χ3v) is 2.47. The Balaban J connectivity index is 3.27. The van der Waals surface area contributed by atoms with Crippen molar-refractivity contribution in [1.29, 1.82) is 0 Å². The number of rotatable bonds is 1. The minimum absolute atomic E-state index is 0.128. The minimum Gasteiger partial charge on any atom is -0.505 e. The molecule has 0 aliphatic carbocycles. The molecule has 1 aromatic rings. The first kappa shape index (κ1) is 9.38. The zero-order valence-electron chi connectivity index (χ0n) is 6.18. The summed E-state index contributed by atoms with van der Waals surface area (Å²) in [4.78, 5) is 3.41. The SMILES string of the molecule is Cc1c(C(F)F)ncc(O)c1Br. The predicted molar refractivity (Wildman–Crippen MR) is 43.3 cm³/mol. The lowest BCUT2D eigenvalue weighted by Gasteiger charge is -2.06. The van der Waals surface area contributed by atoms with Crippen LogP contribution in [-0.4, -0.2) is 10.1 Å². The Labute approximate surface area is 76.4 Å². The molecule has 0 spiro atoms. The van der Waals surface area contributed by atoms with Gasteiger partial charge in [-0.15, -0.1) is 0 Å². The topological polar surface area (TPSA) is 33.1 Å². The van der Waals surface area contributed by atoms with Crippen molar-refractivity contribution in [1.82, 2.24) is 4.98 Å². The molecular formula is C7H6BrF2NO. The standard InChI is InChI=1S/C7H6BrF2NO/c1-3-5(8)4(12)2-11-6(3)7(9)10/h2,7,12H,1H3. The summed E-state index contributed by atoms with van der Waals surface area (Å²) in [6.07, 6.45) is -1.61. The highest BCUT2D eigenvalue weighted by Crippen LogP contribution is 2.31. The van der Waals surface area contributed by atoms with Crippen LogP contribution < -0.4 is 0 Å². The summed E-state index contributed by atoms with van der Waals surface area (Å²) >= 11 is 2.97. The summed E-state index contributed by atoms with van der Waals surface area (Å²) in [6.45, 7) is 1.47. The van der Waals surface area contributed by atoms with Crippen LogP contribution in [0.1, 0.15) is 17.7 Å². The van der Waals surface area contributed by atoms with Crippen LogP contribution in [-0.2, 0) is 0 Å². The second kappa shape index (κ2) is 3.35. The molecule has 2 nitrogen and oxygen atoms in total. The van der Waals surface area contributed by atoms with Crippen molar-refractivity contribution in [3.63, 3.8) is 0 Å². The van der Waals surface area contributed by atoms with Gasteiger partial charge >= 0.3 is 0 Å². The summed E-state index contributed by atoms with van der Waals surface area (Å²) in [5, 5.41) is 9.05. The van der Waals surface area contributed by atoms with Crippen LogP contribution in [0, 0.1) is 6.92 Å². The average Bonchev–Trinajstić information content (AvgIpc) is 2.00. The second-order valence-corrected chi connectivity index (χ2v) is 3.06. The maximum Gasteiger partial charge on any atom is 0.280 e. The highest BCUT2D eigenvalue weighted by Gasteiger charge is 2.15. The van der Waals surface area contributed by atoms with Crippen LogP contribution in [0.25, 0.3) is 0 Å². The minimum atomic E-state index is -2.61. The Morgan fingerprint density at radius 3 is 2.67 bits per heavy atom. The molecule has 1 N–H and O–H groups in total. The first-order chi connectivity index (χ1) is 5.54. The van der Waals surface area contributed by atoms with Gasteiger partial charge in [-0.25, -0.2) is 8.78 Å². The van der Waals surface area contributed by atoms with Crippen molar-refractivity contribution in [2.75, 3.05) is 0 Å². The highest BCUT2D eigenvalue weighted by molar-refractivity contribution is 9.10. The number of alkyl halides is 2. The quantitative estimate of drug-likeness (QED) is 0.815. The molecule has 0 atom stereocenters. The Hall–Kier alpha value is -0.710. The fourth-order valence-corrected chi connectivity index (χ4v) is 1.11. The van der Waals surface area contributed by atoms with Gasteiger partial charge in [0.25, 0.3) is 6.43 Å². The first-order valence-corrected chi connectivity index (χ1v) is 3.95. The molecule has 1 heterocycles. The van der Waals surface area contributed by atoms with E-state index in [-0.39, 0.29) is 21.5 Å². The van der Waals surface area contributed by atoms with Gasteiger partial charge in [0, 0.05) is 0 Å². The normalized spacial score (nSPS) is 10.8. The van der Waals surface area contributed by atoms with Gasteiger partial charge in [-0.1, -0.05) is 0 Å². The van der Waals surface area contributed by atoms with Crippen LogP contribution in [0.3, 0.4) is 0 Å². The van der Waals surface area contributed by atoms with E-state index in [9.17, 15) is 8.78 Å². The van der Waals surface area contributed by atoms with E-state index >= 15 is 0 Å². The Bertz CT molecular complexity index is 304. The summed E-state index contributed by atoms with van der Waals surface area (Å²) in [6, 6.07) is 0. The van der Waals surface area contributed by atoms with Crippen molar-refractivity contribution < 1.29 is 13.9 Å². The smallest absolute Gasteiger partial charge is 0.280 e. The number of pyridine rings is 1. The third kappa shape index (κ3) is 1.55. The molecule has 0 aliphatic heterocycles. The van der Waals surface area contributed by atoms with Gasteiger partial charge in [0.2, 0.25) is 0 Å². The number of hydrogen-bond donors (Lipinski definition) is 1. The molecule has 66 valence electrons. The first-order valence-electron chi connectivity index (χ1n) is 3.16. The molecule has 0 aromatic carbocycles. The Kier molecular flexibility index (Phi) is 2.62. The largest absolute Gasteiger partial charge is 0.505 e. The fourth-order valence-electron chi connectivity index (χ4n) is 0.809. The van der Waals surface area contributed by atoms with Crippen molar-refractivity contribution in [2.24, 2.45) is 0 Å². The molecule has 0 saturated carbocycles. The molecule has 0 unspecified atom stereocenters. The lowest BCUT2D eigenvalue weighted by atomic mass is 10.2. The van der Waals surface area contributed by atoms with Crippen LogP contribution in [0.4, 0.5) is 8.78 Å². The van der Waals surface area contributed by atoms with Gasteiger partial charge in [-0.05, 0) is 28.4 Å². The summed E-state index contributed by atoms with van der Waals surface area (Å²) < 4.78 is 24.6. The van der Waals surface area contributed by atoms with E-state index in [1.807, 2.05) is 0 Å². The van der Waals surface area contributed by atoms with E-state index in [2.05, 4.69) is 20.9 Å². The molecule has 0 radical (unpaired) electrons. The van der Waals surface area contributed by atoms with E-state index in [0.717, 1.165) is 6.20 Å². The Morgan fingerprint density at radius 2 is 2.17 bits per heavy atom. The van der Waals surface area contributed by atoms with Gasteiger partial charge in [0.15, 0.2) is 0 Å². The number of aromatic hydroxyl groups is 1. The lowest BCUT2D eigenvalue weighted by molar-refractivity contribution is 0.145. The van der Waals surface area contributed by atoms with Gasteiger partial charge in [0.1, 0.15) is 11.4 Å². The van der Waals surface area contributed by atoms with E-state index in [4.69, 9.17) is 5.11 Å². The monoisotopic (exact) mass is 237 g/mol. The van der Waals surface area contributed by atoms with Gasteiger partial charge in [0.05, 0.1) is 10.7 Å². The van der Waals surface area contributed by atoms with E-state index in [0.29, 0.717) is 0 Å². The van der Waals surface area contributed by atoms with Crippen molar-refractivity contribution in [2.45, 2.75) is 13.3 Å². The molecule has 0 fully saturated rings. The lowest BCUT2D eigenvalue weighted by Crippen LogP contribution is -1.94. The van der Waals surface area contributed by atoms with Crippen molar-refractivity contribution >= 4 is 15.9 Å². The summed E-state index contributed by atoms with van der Waals surface area (Å²) in [5.74, 6) is -0.128. The number of aromatic nitrogens is 1. The van der Waals surface area contributed by atoms with Crippen LogP contribution >= 0.6 is 15.9 Å². The maximum absolute atomic E-state index is 12.2. The molecule has 5 heteroatoms. The number of hydrogen-bond acceptors (Lipinski definition) is 2. The van der Waals surface area contributed by atoms with Gasteiger partial charge in [-0.2, -0.15) is 0 Å². The molecule has 0 aliphatic rings. The summed E-state index contributed by atoms with van der Waals surface area (Å²) in [5.41, 5.74) is -0.0373. The molecule has 12 heavy (non-hydrogen) atoms. The fraction of sp³-hybridized carbons (Fsp3) is 0.286. The summed E-state index contributed by atoms with van der Waals surface area (Å²) in [7, 11) is 0. The molecule has 0 saturated heterocycles. The molecule has 1 rings (SSSR count). The van der Waals surface area contributed by atoms with Gasteiger partial charge in [-0.3, -0.25) is 4.98 Å². The zero-order valence-corrected chi connectivity index (χ0v) is 7.77. The molecular weight excluding hydrogens is 232 g/mol. The van der Waals surface area contributed by atoms with E-state index in [1.165, 1.54) is 6.92 Å². The van der Waals surface area contributed by atoms with Gasteiger partial charge < -0.3 is 5.11 Å². The average molecular weight is 238 g/mol. The molecule has 0 amide bonds. The zero-order chi connectivity index (χ0) is 9.30. The third-order valence-electron chi connectivity index (χ3n) is 1.47. The highest BCUT2D eigenvalue weighted by atomic mass is 79.9. The van der Waals surface area contributed by atoms with Crippen molar-refractivity contribution in [3.8, 4) is 5.75 Å². The van der Waals surface area contributed by atoms with Crippen LogP contribution in [0.5, 0.6) is 5.75 Å². The van der Waals surface area contributed by atoms with E-state index < -0.39 is 6.43 Å². The maximum atomic E-state index is 12.2. The van der Waals surface area contributed by atoms with E-state index in [1.54, 1.807) is 0 Å². The van der Waals surface area contributed by atoms with Crippen LogP contribution in [0.2, 0.25) is 0 Å². The number of nitrogens with zero attached hydrogens (tertiary/aromatic N) is 1. The number of halogens is 3. The molecule has 1 aromatic heterocycles. The second-order valence-electron chi connectivity index (χ2n) is 2.27. The van der Waals surface area contributed by atoms with Crippen molar-refractivity contribution in [3.05, 3.63) is 21.9 Å². The predicted octanol–water partition coefficient (Wildman–Crippen LogP) is 2.80. The van der Waals surface area contributed by atoms with Crippen LogP contribution in [0.15, 0.2) is 10.7 Å². The molecule has 0 bridgehead atoms. The Morgan fingerprint density at radius 1 is 1.58 bits per heavy atom.